The van der Waals surface area contributed by atoms with Gasteiger partial charge in [-0.15, -0.1) is 0 Å². The van der Waals surface area contributed by atoms with Gasteiger partial charge in [-0.25, -0.2) is 13.1 Å². The van der Waals surface area contributed by atoms with Crippen molar-refractivity contribution in [1.29, 1.82) is 0 Å². The number of sulfonamides is 1. The van der Waals surface area contributed by atoms with E-state index in [9.17, 15) is 13.2 Å². The van der Waals surface area contributed by atoms with Gasteiger partial charge in [0.15, 0.2) is 0 Å². The molecule has 15 heavy (non-hydrogen) atoms. The average Bonchev–Trinajstić information content (AvgIpc) is 2.16. The molecule has 1 rings (SSSR count). The first-order chi connectivity index (χ1) is 6.92. The van der Waals surface area contributed by atoms with E-state index in [4.69, 9.17) is 5.11 Å². The second-order valence-electron chi connectivity index (χ2n) is 3.09. The van der Waals surface area contributed by atoms with Crippen LogP contribution in [0.2, 0.25) is 0 Å². The second-order valence-corrected chi connectivity index (χ2v) is 4.86. The predicted molar refractivity (Wildman–Crippen MR) is 53.9 cm³/mol. The summed E-state index contributed by atoms with van der Waals surface area (Å²) in [7, 11) is -3.65. The standard InChI is InChI=1S/C8H12N2O4S/c1-6(11)4-10-15(13,14)7-2-3-8(12)9-5-7/h2-3,5-6,10-11H,4H2,1H3,(H,9,12). The summed E-state index contributed by atoms with van der Waals surface area (Å²) >= 11 is 0. The molecule has 0 bridgehead atoms. The molecule has 0 saturated carbocycles. The molecule has 3 N–H and O–H groups in total. The molecule has 1 aromatic heterocycles. The van der Waals surface area contributed by atoms with Crippen LogP contribution in [0.25, 0.3) is 0 Å². The minimum atomic E-state index is -3.65. The number of rotatable bonds is 4. The molecule has 0 aliphatic carbocycles. The van der Waals surface area contributed by atoms with Crippen molar-refractivity contribution < 1.29 is 13.5 Å². The first-order valence-corrected chi connectivity index (χ1v) is 5.76. The fraction of sp³-hybridized carbons (Fsp3) is 0.375. The summed E-state index contributed by atoms with van der Waals surface area (Å²) in [4.78, 5) is 12.9. The summed E-state index contributed by atoms with van der Waals surface area (Å²) in [5, 5.41) is 8.92. The number of pyridine rings is 1. The molecule has 0 spiro atoms. The molecule has 6 nitrogen and oxygen atoms in total. The molecule has 0 radical (unpaired) electrons. The minimum absolute atomic E-state index is 0.0391. The molecule has 0 fully saturated rings. The Morgan fingerprint density at radius 2 is 2.20 bits per heavy atom. The van der Waals surface area contributed by atoms with E-state index in [2.05, 4.69) is 9.71 Å². The van der Waals surface area contributed by atoms with E-state index in [0.29, 0.717) is 0 Å². The topological polar surface area (TPSA) is 99.3 Å². The molecule has 7 heteroatoms. The highest BCUT2D eigenvalue weighted by Gasteiger charge is 2.13. The number of aliphatic hydroxyl groups excluding tert-OH is 1. The normalized spacial score (nSPS) is 13.7. The smallest absolute Gasteiger partial charge is 0.247 e. The van der Waals surface area contributed by atoms with Gasteiger partial charge in [0.05, 0.1) is 11.0 Å². The molecule has 1 atom stereocenters. The zero-order valence-corrected chi connectivity index (χ0v) is 8.91. The maximum atomic E-state index is 11.5. The van der Waals surface area contributed by atoms with Crippen molar-refractivity contribution >= 4 is 10.0 Å². The monoisotopic (exact) mass is 232 g/mol. The van der Waals surface area contributed by atoms with E-state index >= 15 is 0 Å². The Kier molecular flexibility index (Phi) is 3.61. The van der Waals surface area contributed by atoms with Crippen molar-refractivity contribution in [1.82, 2.24) is 9.71 Å². The zero-order chi connectivity index (χ0) is 11.5. The third kappa shape index (κ3) is 3.46. The van der Waals surface area contributed by atoms with Gasteiger partial charge in [0.25, 0.3) is 0 Å². The molecule has 1 aromatic rings. The molecule has 0 aliphatic rings. The highest BCUT2D eigenvalue weighted by molar-refractivity contribution is 7.89. The maximum Gasteiger partial charge on any atom is 0.247 e. The second kappa shape index (κ2) is 4.56. The van der Waals surface area contributed by atoms with Gasteiger partial charge in [-0.05, 0) is 13.0 Å². The lowest BCUT2D eigenvalue weighted by atomic mass is 10.4. The van der Waals surface area contributed by atoms with E-state index in [1.165, 1.54) is 13.0 Å². The molecule has 0 saturated heterocycles. The predicted octanol–water partition coefficient (Wildman–Crippen LogP) is -0.966. The fourth-order valence-electron chi connectivity index (χ4n) is 0.877. The van der Waals surface area contributed by atoms with Crippen LogP contribution in [0, 0.1) is 0 Å². The van der Waals surface area contributed by atoms with Gasteiger partial charge in [-0.3, -0.25) is 4.79 Å². The van der Waals surface area contributed by atoms with Crippen LogP contribution in [-0.2, 0) is 10.0 Å². The molecule has 0 aromatic carbocycles. The van der Waals surface area contributed by atoms with Crippen LogP contribution in [0.4, 0.5) is 0 Å². The average molecular weight is 232 g/mol. The molecule has 84 valence electrons. The van der Waals surface area contributed by atoms with Gasteiger partial charge in [0.2, 0.25) is 15.6 Å². The number of H-pyrrole nitrogens is 1. The van der Waals surface area contributed by atoms with Crippen LogP contribution in [0.15, 0.2) is 28.0 Å². The SMILES string of the molecule is CC(O)CNS(=O)(=O)c1ccc(=O)[nH]c1. The molecular formula is C8H12N2O4S. The van der Waals surface area contributed by atoms with Crippen LogP contribution in [0.5, 0.6) is 0 Å². The van der Waals surface area contributed by atoms with Crippen LogP contribution in [0.3, 0.4) is 0 Å². The molecule has 1 heterocycles. The Morgan fingerprint density at radius 1 is 1.53 bits per heavy atom. The molecular weight excluding hydrogens is 220 g/mol. The number of nitrogens with one attached hydrogen (secondary N) is 2. The lowest BCUT2D eigenvalue weighted by Crippen LogP contribution is -2.31. The summed E-state index contributed by atoms with van der Waals surface area (Å²) in [6.07, 6.45) is 0.342. The molecule has 1 unspecified atom stereocenters. The lowest BCUT2D eigenvalue weighted by Gasteiger charge is -2.07. The number of aromatic amines is 1. The summed E-state index contributed by atoms with van der Waals surface area (Å²) in [5.74, 6) is 0. The minimum Gasteiger partial charge on any atom is -0.392 e. The van der Waals surface area contributed by atoms with Gasteiger partial charge in [0.1, 0.15) is 0 Å². The van der Waals surface area contributed by atoms with Gasteiger partial charge in [0, 0.05) is 18.8 Å². The fourth-order valence-corrected chi connectivity index (χ4v) is 1.97. The number of hydrogen-bond donors (Lipinski definition) is 3. The highest BCUT2D eigenvalue weighted by Crippen LogP contribution is 2.03. The van der Waals surface area contributed by atoms with E-state index in [1.807, 2.05) is 0 Å². The van der Waals surface area contributed by atoms with E-state index in [1.54, 1.807) is 0 Å². The first-order valence-electron chi connectivity index (χ1n) is 4.28. The maximum absolute atomic E-state index is 11.5. The molecule has 0 amide bonds. The van der Waals surface area contributed by atoms with E-state index in [0.717, 1.165) is 12.3 Å². The Bertz CT molecular complexity index is 457. The van der Waals surface area contributed by atoms with Crippen molar-refractivity contribution in [3.05, 3.63) is 28.7 Å². The van der Waals surface area contributed by atoms with Gasteiger partial charge < -0.3 is 10.1 Å². The third-order valence-electron chi connectivity index (χ3n) is 1.63. The Balaban J connectivity index is 2.87. The largest absolute Gasteiger partial charge is 0.392 e. The lowest BCUT2D eigenvalue weighted by molar-refractivity contribution is 0.198. The Morgan fingerprint density at radius 3 is 2.67 bits per heavy atom. The van der Waals surface area contributed by atoms with Crippen LogP contribution >= 0.6 is 0 Å². The highest BCUT2D eigenvalue weighted by atomic mass is 32.2. The van der Waals surface area contributed by atoms with Crippen LogP contribution < -0.4 is 10.3 Å². The van der Waals surface area contributed by atoms with Gasteiger partial charge in [-0.1, -0.05) is 0 Å². The van der Waals surface area contributed by atoms with Crippen molar-refractivity contribution in [3.8, 4) is 0 Å². The van der Waals surface area contributed by atoms with Crippen LogP contribution in [0.1, 0.15) is 6.92 Å². The number of aromatic nitrogens is 1. The summed E-state index contributed by atoms with van der Waals surface area (Å²) < 4.78 is 25.2. The van der Waals surface area contributed by atoms with Crippen molar-refractivity contribution in [2.24, 2.45) is 0 Å². The van der Waals surface area contributed by atoms with Gasteiger partial charge >= 0.3 is 0 Å². The van der Waals surface area contributed by atoms with E-state index < -0.39 is 16.1 Å². The Hall–Kier alpha value is -1.18. The van der Waals surface area contributed by atoms with Gasteiger partial charge in [-0.2, -0.15) is 0 Å². The summed E-state index contributed by atoms with van der Waals surface area (Å²) in [6, 6.07) is 2.32. The number of aliphatic hydroxyl groups is 1. The Labute approximate surface area is 87.0 Å². The summed E-state index contributed by atoms with van der Waals surface area (Å²) in [5.41, 5.74) is -0.371. The third-order valence-corrected chi connectivity index (χ3v) is 3.06. The summed E-state index contributed by atoms with van der Waals surface area (Å²) in [6.45, 7) is 1.40. The molecule has 0 aliphatic heterocycles. The van der Waals surface area contributed by atoms with E-state index in [-0.39, 0.29) is 17.0 Å². The van der Waals surface area contributed by atoms with Crippen molar-refractivity contribution in [2.75, 3.05) is 6.54 Å². The zero-order valence-electron chi connectivity index (χ0n) is 8.10. The van der Waals surface area contributed by atoms with Crippen molar-refractivity contribution in [3.63, 3.8) is 0 Å². The number of hydrogen-bond acceptors (Lipinski definition) is 4. The van der Waals surface area contributed by atoms with Crippen LogP contribution in [-0.4, -0.2) is 31.2 Å². The first kappa shape index (κ1) is 11.9. The van der Waals surface area contributed by atoms with Crippen molar-refractivity contribution in [2.45, 2.75) is 17.9 Å². The quantitative estimate of drug-likeness (QED) is 0.622.